The van der Waals surface area contributed by atoms with Gasteiger partial charge in [0.05, 0.1) is 5.75 Å². The number of aliphatic carboxylic acids is 1. The number of amides is 2. The zero-order valence-electron chi connectivity index (χ0n) is 11.3. The first-order chi connectivity index (χ1) is 8.95. The lowest BCUT2D eigenvalue weighted by Crippen LogP contribution is -2.50. The van der Waals surface area contributed by atoms with Crippen LogP contribution in [0.25, 0.3) is 0 Å². The molecule has 1 aliphatic heterocycles. The van der Waals surface area contributed by atoms with Gasteiger partial charge < -0.3 is 14.9 Å². The molecule has 0 saturated carbocycles. The molecular formula is C12H20N2O4S. The fraction of sp³-hybridized carbons (Fsp3) is 0.750. The highest BCUT2D eigenvalue weighted by Crippen LogP contribution is 2.16. The maximum absolute atomic E-state index is 11.9. The molecule has 1 fully saturated rings. The van der Waals surface area contributed by atoms with Crippen molar-refractivity contribution in [1.82, 2.24) is 9.80 Å². The van der Waals surface area contributed by atoms with Crippen molar-refractivity contribution >= 4 is 29.5 Å². The molecule has 1 aliphatic rings. The van der Waals surface area contributed by atoms with E-state index in [1.807, 2.05) is 0 Å². The normalized spacial score (nSPS) is 17.2. The summed E-state index contributed by atoms with van der Waals surface area (Å²) in [6.45, 7) is 5.49. The van der Waals surface area contributed by atoms with Crippen LogP contribution in [-0.4, -0.2) is 69.9 Å². The van der Waals surface area contributed by atoms with Crippen molar-refractivity contribution in [2.45, 2.75) is 25.5 Å². The standard InChI is InChI=1S/C12H20N2O4S/c1-3-10(12(17)18)19-8-11(16)14-6-4-13(5-7-14)9(2)15/h10H,3-8H2,1-2H3,(H,17,18). The molecule has 1 N–H and O–H groups in total. The van der Waals surface area contributed by atoms with E-state index in [-0.39, 0.29) is 17.6 Å². The number of carbonyl (C=O) groups is 3. The van der Waals surface area contributed by atoms with Crippen molar-refractivity contribution in [3.8, 4) is 0 Å². The Hall–Kier alpha value is -1.24. The summed E-state index contributed by atoms with van der Waals surface area (Å²) < 4.78 is 0. The number of carboxylic acid groups (broad SMARTS) is 1. The maximum atomic E-state index is 11.9. The third-order valence-electron chi connectivity index (χ3n) is 3.13. The second-order valence-corrected chi connectivity index (χ2v) is 5.62. The molecule has 0 aromatic rings. The van der Waals surface area contributed by atoms with Gasteiger partial charge in [0, 0.05) is 33.1 Å². The summed E-state index contributed by atoms with van der Waals surface area (Å²) >= 11 is 1.17. The Kier molecular flexibility index (Phi) is 6.14. The maximum Gasteiger partial charge on any atom is 0.316 e. The molecule has 0 radical (unpaired) electrons. The van der Waals surface area contributed by atoms with E-state index < -0.39 is 11.2 Å². The zero-order valence-corrected chi connectivity index (χ0v) is 12.1. The molecule has 7 heteroatoms. The summed E-state index contributed by atoms with van der Waals surface area (Å²) in [5.41, 5.74) is 0. The van der Waals surface area contributed by atoms with Crippen LogP contribution in [0, 0.1) is 0 Å². The van der Waals surface area contributed by atoms with Crippen LogP contribution in [0.1, 0.15) is 20.3 Å². The van der Waals surface area contributed by atoms with E-state index >= 15 is 0 Å². The molecule has 0 bridgehead atoms. The van der Waals surface area contributed by atoms with Gasteiger partial charge in [-0.15, -0.1) is 11.8 Å². The molecule has 0 aromatic carbocycles. The van der Waals surface area contributed by atoms with Crippen LogP contribution < -0.4 is 0 Å². The van der Waals surface area contributed by atoms with Crippen molar-refractivity contribution in [2.24, 2.45) is 0 Å². The van der Waals surface area contributed by atoms with Gasteiger partial charge in [0.2, 0.25) is 11.8 Å². The van der Waals surface area contributed by atoms with Crippen LogP contribution in [0.5, 0.6) is 0 Å². The van der Waals surface area contributed by atoms with Gasteiger partial charge in [-0.3, -0.25) is 14.4 Å². The van der Waals surface area contributed by atoms with E-state index in [1.54, 1.807) is 16.7 Å². The van der Waals surface area contributed by atoms with Crippen molar-refractivity contribution in [1.29, 1.82) is 0 Å². The second-order valence-electron chi connectivity index (χ2n) is 4.43. The number of rotatable bonds is 5. The fourth-order valence-electron chi connectivity index (χ4n) is 1.90. The minimum absolute atomic E-state index is 0.0263. The molecule has 0 aromatic heterocycles. The minimum atomic E-state index is -0.873. The lowest BCUT2D eigenvalue weighted by molar-refractivity contribution is -0.137. The Morgan fingerprint density at radius 2 is 1.68 bits per heavy atom. The summed E-state index contributed by atoms with van der Waals surface area (Å²) in [4.78, 5) is 37.3. The molecule has 19 heavy (non-hydrogen) atoms. The lowest BCUT2D eigenvalue weighted by atomic mass is 10.3. The van der Waals surface area contributed by atoms with Gasteiger partial charge >= 0.3 is 5.97 Å². The Balaban J connectivity index is 2.35. The fourth-order valence-corrected chi connectivity index (χ4v) is 2.80. The van der Waals surface area contributed by atoms with Crippen LogP contribution in [0.2, 0.25) is 0 Å². The monoisotopic (exact) mass is 288 g/mol. The van der Waals surface area contributed by atoms with Crippen LogP contribution in [0.3, 0.4) is 0 Å². The summed E-state index contributed by atoms with van der Waals surface area (Å²) in [6, 6.07) is 0. The third-order valence-corrected chi connectivity index (χ3v) is 4.48. The smallest absolute Gasteiger partial charge is 0.316 e. The predicted octanol–water partition coefficient (Wildman–Crippen LogP) is 0.274. The van der Waals surface area contributed by atoms with E-state index in [1.165, 1.54) is 18.7 Å². The highest BCUT2D eigenvalue weighted by atomic mass is 32.2. The molecule has 2 amide bonds. The van der Waals surface area contributed by atoms with E-state index in [2.05, 4.69) is 0 Å². The van der Waals surface area contributed by atoms with Gasteiger partial charge in [-0.25, -0.2) is 0 Å². The molecule has 1 rings (SSSR count). The molecule has 1 atom stereocenters. The van der Waals surface area contributed by atoms with Crippen LogP contribution in [0.4, 0.5) is 0 Å². The second kappa shape index (κ2) is 7.37. The molecule has 6 nitrogen and oxygen atoms in total. The largest absolute Gasteiger partial charge is 0.480 e. The van der Waals surface area contributed by atoms with Crippen molar-refractivity contribution < 1.29 is 19.5 Å². The van der Waals surface area contributed by atoms with E-state index in [0.29, 0.717) is 32.6 Å². The Morgan fingerprint density at radius 3 is 2.11 bits per heavy atom. The van der Waals surface area contributed by atoms with Gasteiger partial charge in [-0.2, -0.15) is 0 Å². The summed E-state index contributed by atoms with van der Waals surface area (Å²) in [7, 11) is 0. The molecular weight excluding hydrogens is 268 g/mol. The molecule has 1 saturated heterocycles. The van der Waals surface area contributed by atoms with Crippen LogP contribution >= 0.6 is 11.8 Å². The van der Waals surface area contributed by atoms with Gasteiger partial charge in [0.1, 0.15) is 5.25 Å². The number of piperazine rings is 1. The topological polar surface area (TPSA) is 77.9 Å². The van der Waals surface area contributed by atoms with Gasteiger partial charge in [0.25, 0.3) is 0 Å². The average Bonchev–Trinajstić information content (AvgIpc) is 2.38. The van der Waals surface area contributed by atoms with E-state index in [4.69, 9.17) is 5.11 Å². The van der Waals surface area contributed by atoms with E-state index in [9.17, 15) is 14.4 Å². The summed E-state index contributed by atoms with van der Waals surface area (Å²) in [5, 5.41) is 8.38. The van der Waals surface area contributed by atoms with Crippen LogP contribution in [-0.2, 0) is 14.4 Å². The number of hydrogen-bond acceptors (Lipinski definition) is 4. The van der Waals surface area contributed by atoms with Gasteiger partial charge in [-0.05, 0) is 6.42 Å². The highest BCUT2D eigenvalue weighted by molar-refractivity contribution is 8.01. The highest BCUT2D eigenvalue weighted by Gasteiger charge is 2.24. The number of nitrogens with zero attached hydrogens (tertiary/aromatic N) is 2. The molecule has 1 heterocycles. The molecule has 0 spiro atoms. The molecule has 0 aliphatic carbocycles. The first kappa shape index (κ1) is 15.8. The molecule has 108 valence electrons. The van der Waals surface area contributed by atoms with E-state index in [0.717, 1.165) is 0 Å². The summed E-state index contributed by atoms with van der Waals surface area (Å²) in [5.74, 6) is -0.710. The van der Waals surface area contributed by atoms with Gasteiger partial charge in [-0.1, -0.05) is 6.92 Å². The van der Waals surface area contributed by atoms with Gasteiger partial charge in [0.15, 0.2) is 0 Å². The number of carbonyl (C=O) groups excluding carboxylic acids is 2. The Bertz CT molecular complexity index is 354. The Labute approximate surface area is 117 Å². The number of carboxylic acids is 1. The third kappa shape index (κ3) is 4.74. The van der Waals surface area contributed by atoms with Crippen molar-refractivity contribution in [2.75, 3.05) is 31.9 Å². The van der Waals surface area contributed by atoms with Crippen molar-refractivity contribution in [3.05, 3.63) is 0 Å². The van der Waals surface area contributed by atoms with Crippen molar-refractivity contribution in [3.63, 3.8) is 0 Å². The predicted molar refractivity (Wildman–Crippen MR) is 73.0 cm³/mol. The number of hydrogen-bond donors (Lipinski definition) is 1. The zero-order chi connectivity index (χ0) is 14.4. The quantitative estimate of drug-likeness (QED) is 0.786. The summed E-state index contributed by atoms with van der Waals surface area (Å²) in [6.07, 6.45) is 0.505. The van der Waals surface area contributed by atoms with Crippen LogP contribution in [0.15, 0.2) is 0 Å². The number of thioether (sulfide) groups is 1. The average molecular weight is 288 g/mol. The minimum Gasteiger partial charge on any atom is -0.480 e. The Morgan fingerprint density at radius 1 is 1.16 bits per heavy atom. The first-order valence-electron chi connectivity index (χ1n) is 6.33. The SMILES string of the molecule is CCC(SCC(=O)N1CCN(C(C)=O)CC1)C(=O)O. The lowest BCUT2D eigenvalue weighted by Gasteiger charge is -2.34. The first-order valence-corrected chi connectivity index (χ1v) is 7.38. The molecule has 1 unspecified atom stereocenters.